The van der Waals surface area contributed by atoms with Crippen LogP contribution in [0.25, 0.3) is 0 Å². The van der Waals surface area contributed by atoms with Crippen LogP contribution in [0.4, 0.5) is 0 Å². The van der Waals surface area contributed by atoms with Crippen LogP contribution >= 0.6 is 0 Å². The van der Waals surface area contributed by atoms with E-state index < -0.39 is 0 Å². The van der Waals surface area contributed by atoms with Crippen molar-refractivity contribution in [3.63, 3.8) is 0 Å². The molecule has 4 unspecified atom stereocenters. The summed E-state index contributed by atoms with van der Waals surface area (Å²) < 4.78 is 0. The van der Waals surface area contributed by atoms with Gasteiger partial charge >= 0.3 is 0 Å². The monoisotopic (exact) mass is 224 g/mol. The van der Waals surface area contributed by atoms with Gasteiger partial charge in [0.1, 0.15) is 0 Å². The fourth-order valence-electron chi connectivity index (χ4n) is 3.14. The van der Waals surface area contributed by atoms with Crippen molar-refractivity contribution >= 4 is 5.91 Å². The summed E-state index contributed by atoms with van der Waals surface area (Å²) in [6.07, 6.45) is 7.78. The van der Waals surface area contributed by atoms with E-state index in [9.17, 15) is 4.79 Å². The van der Waals surface area contributed by atoms with E-state index in [4.69, 9.17) is 5.73 Å². The highest BCUT2D eigenvalue weighted by Gasteiger charge is 2.29. The van der Waals surface area contributed by atoms with E-state index in [0.29, 0.717) is 6.04 Å². The second-order valence-electron chi connectivity index (χ2n) is 5.75. The highest BCUT2D eigenvalue weighted by molar-refractivity contribution is 5.79. The normalized spacial score (nSPS) is 39.6. The second kappa shape index (κ2) is 5.17. The van der Waals surface area contributed by atoms with Crippen molar-refractivity contribution in [2.75, 3.05) is 0 Å². The Morgan fingerprint density at radius 3 is 2.62 bits per heavy atom. The fraction of sp³-hybridized carbons (Fsp3) is 0.923. The quantitative estimate of drug-likeness (QED) is 0.751. The van der Waals surface area contributed by atoms with Crippen LogP contribution in [0.2, 0.25) is 0 Å². The lowest BCUT2D eigenvalue weighted by Crippen LogP contribution is -2.41. The summed E-state index contributed by atoms with van der Waals surface area (Å²) in [4.78, 5) is 12.0. The van der Waals surface area contributed by atoms with Crippen molar-refractivity contribution in [2.45, 2.75) is 64.0 Å². The lowest BCUT2D eigenvalue weighted by molar-refractivity contribution is -0.125. The molecule has 0 aromatic heterocycles. The molecule has 0 radical (unpaired) electrons. The standard InChI is InChI=1S/C13H24N2O/c1-9-3-2-4-12(7-9)15-13(16)10-5-6-11(14)8-10/h9-12H,2-8,14H2,1H3,(H,15,16). The molecule has 2 fully saturated rings. The Bertz CT molecular complexity index is 254. The van der Waals surface area contributed by atoms with E-state index in [1.807, 2.05) is 0 Å². The maximum atomic E-state index is 12.0. The molecule has 2 rings (SSSR count). The molecule has 0 saturated heterocycles. The molecule has 0 spiro atoms. The van der Waals surface area contributed by atoms with Crippen molar-refractivity contribution in [2.24, 2.45) is 17.6 Å². The van der Waals surface area contributed by atoms with Gasteiger partial charge < -0.3 is 11.1 Å². The minimum Gasteiger partial charge on any atom is -0.353 e. The molecule has 0 heterocycles. The van der Waals surface area contributed by atoms with Gasteiger partial charge in [-0.2, -0.15) is 0 Å². The lowest BCUT2D eigenvalue weighted by Gasteiger charge is -2.28. The van der Waals surface area contributed by atoms with Crippen LogP contribution < -0.4 is 11.1 Å². The lowest BCUT2D eigenvalue weighted by atomic mass is 9.87. The number of nitrogens with two attached hydrogens (primary N) is 1. The molecule has 0 aromatic carbocycles. The van der Waals surface area contributed by atoms with Gasteiger partial charge in [0, 0.05) is 18.0 Å². The van der Waals surface area contributed by atoms with E-state index in [1.165, 1.54) is 12.8 Å². The highest BCUT2D eigenvalue weighted by Crippen LogP contribution is 2.27. The summed E-state index contributed by atoms with van der Waals surface area (Å²) in [7, 11) is 0. The number of hydrogen-bond donors (Lipinski definition) is 2. The molecular formula is C13H24N2O. The van der Waals surface area contributed by atoms with Crippen LogP contribution in [-0.2, 0) is 4.79 Å². The van der Waals surface area contributed by atoms with Crippen LogP contribution in [0, 0.1) is 11.8 Å². The third-order valence-corrected chi connectivity index (χ3v) is 4.13. The van der Waals surface area contributed by atoms with Crippen LogP contribution in [-0.4, -0.2) is 18.0 Å². The summed E-state index contributed by atoms with van der Waals surface area (Å²) in [5, 5.41) is 3.22. The van der Waals surface area contributed by atoms with Gasteiger partial charge in [0.2, 0.25) is 5.91 Å². The van der Waals surface area contributed by atoms with Crippen molar-refractivity contribution in [3.8, 4) is 0 Å². The van der Waals surface area contributed by atoms with Gasteiger partial charge in [-0.3, -0.25) is 4.79 Å². The van der Waals surface area contributed by atoms with Gasteiger partial charge in [-0.1, -0.05) is 19.8 Å². The van der Waals surface area contributed by atoms with Crippen molar-refractivity contribution < 1.29 is 4.79 Å². The Morgan fingerprint density at radius 2 is 2.00 bits per heavy atom. The summed E-state index contributed by atoms with van der Waals surface area (Å²) in [6.45, 7) is 2.28. The molecule has 0 aromatic rings. The van der Waals surface area contributed by atoms with Crippen molar-refractivity contribution in [1.82, 2.24) is 5.32 Å². The molecule has 0 bridgehead atoms. The van der Waals surface area contributed by atoms with Gasteiger partial charge in [-0.15, -0.1) is 0 Å². The van der Waals surface area contributed by atoms with Gasteiger partial charge in [0.15, 0.2) is 0 Å². The first-order valence-corrected chi connectivity index (χ1v) is 6.71. The molecule has 16 heavy (non-hydrogen) atoms. The second-order valence-corrected chi connectivity index (χ2v) is 5.75. The number of nitrogens with one attached hydrogen (secondary N) is 1. The maximum absolute atomic E-state index is 12.0. The van der Waals surface area contributed by atoms with Crippen LogP contribution in [0.5, 0.6) is 0 Å². The summed E-state index contributed by atoms with van der Waals surface area (Å²) in [5.41, 5.74) is 5.84. The van der Waals surface area contributed by atoms with E-state index in [0.717, 1.165) is 38.0 Å². The average Bonchev–Trinajstić information content (AvgIpc) is 2.65. The number of carbonyl (C=O) groups is 1. The van der Waals surface area contributed by atoms with E-state index >= 15 is 0 Å². The predicted molar refractivity (Wildman–Crippen MR) is 64.9 cm³/mol. The van der Waals surface area contributed by atoms with Gasteiger partial charge in [-0.05, 0) is 38.0 Å². The SMILES string of the molecule is CC1CCCC(NC(=O)C2CCC(N)C2)C1. The first kappa shape index (κ1) is 11.9. The van der Waals surface area contributed by atoms with Crippen molar-refractivity contribution in [1.29, 1.82) is 0 Å². The first-order valence-electron chi connectivity index (χ1n) is 6.71. The zero-order valence-electron chi connectivity index (χ0n) is 10.2. The molecule has 2 saturated carbocycles. The predicted octanol–water partition coefficient (Wildman–Crippen LogP) is 1.81. The van der Waals surface area contributed by atoms with E-state index in [-0.39, 0.29) is 17.9 Å². The third kappa shape index (κ3) is 2.97. The number of rotatable bonds is 2. The topological polar surface area (TPSA) is 55.1 Å². The summed E-state index contributed by atoms with van der Waals surface area (Å²) >= 11 is 0. The number of carbonyl (C=O) groups excluding carboxylic acids is 1. The first-order chi connectivity index (χ1) is 7.65. The third-order valence-electron chi connectivity index (χ3n) is 4.13. The number of hydrogen-bond acceptors (Lipinski definition) is 2. The largest absolute Gasteiger partial charge is 0.353 e. The van der Waals surface area contributed by atoms with Crippen LogP contribution in [0.15, 0.2) is 0 Å². The Hall–Kier alpha value is -0.570. The molecule has 0 aliphatic heterocycles. The molecule has 4 atom stereocenters. The molecule has 3 N–H and O–H groups in total. The average molecular weight is 224 g/mol. The molecule has 92 valence electrons. The Balaban J connectivity index is 1.78. The van der Waals surface area contributed by atoms with E-state index in [2.05, 4.69) is 12.2 Å². The zero-order chi connectivity index (χ0) is 11.5. The molecule has 1 amide bonds. The van der Waals surface area contributed by atoms with Crippen molar-refractivity contribution in [3.05, 3.63) is 0 Å². The van der Waals surface area contributed by atoms with E-state index in [1.54, 1.807) is 0 Å². The molecule has 3 nitrogen and oxygen atoms in total. The van der Waals surface area contributed by atoms with Crippen LogP contribution in [0.1, 0.15) is 51.9 Å². The fourth-order valence-corrected chi connectivity index (χ4v) is 3.14. The summed E-state index contributed by atoms with van der Waals surface area (Å²) in [5.74, 6) is 1.21. The molecular weight excluding hydrogens is 200 g/mol. The molecule has 2 aliphatic rings. The van der Waals surface area contributed by atoms with Gasteiger partial charge in [0.05, 0.1) is 0 Å². The van der Waals surface area contributed by atoms with Crippen LogP contribution in [0.3, 0.4) is 0 Å². The summed E-state index contributed by atoms with van der Waals surface area (Å²) in [6, 6.07) is 0.675. The Kier molecular flexibility index (Phi) is 3.85. The Morgan fingerprint density at radius 1 is 1.19 bits per heavy atom. The van der Waals surface area contributed by atoms with Gasteiger partial charge in [0.25, 0.3) is 0 Å². The molecule has 3 heteroatoms. The Labute approximate surface area is 98.2 Å². The maximum Gasteiger partial charge on any atom is 0.223 e. The highest BCUT2D eigenvalue weighted by atomic mass is 16.1. The minimum absolute atomic E-state index is 0.187. The number of amides is 1. The van der Waals surface area contributed by atoms with Gasteiger partial charge in [-0.25, -0.2) is 0 Å². The smallest absolute Gasteiger partial charge is 0.223 e. The zero-order valence-corrected chi connectivity index (χ0v) is 10.2. The minimum atomic E-state index is 0.187. The molecule has 2 aliphatic carbocycles.